The molecule has 0 aliphatic carbocycles. The molecule has 0 bridgehead atoms. The maximum Gasteiger partial charge on any atom is 0.326 e. The molecule has 0 saturated heterocycles. The van der Waals surface area contributed by atoms with Gasteiger partial charge in [-0.15, -0.1) is 5.10 Å². The van der Waals surface area contributed by atoms with E-state index < -0.39 is 49.1 Å². The highest BCUT2D eigenvalue weighted by molar-refractivity contribution is 5.94. The van der Waals surface area contributed by atoms with Gasteiger partial charge in [-0.1, -0.05) is 5.21 Å². The summed E-state index contributed by atoms with van der Waals surface area (Å²) in [5.74, 6) is -4.28. The molecule has 40 heavy (non-hydrogen) atoms. The average Bonchev–Trinajstić information content (AvgIpc) is 3.39. The number of halogens is 1. The van der Waals surface area contributed by atoms with Crippen molar-refractivity contribution in [2.75, 3.05) is 20.3 Å². The normalized spacial score (nSPS) is 12.2. The van der Waals surface area contributed by atoms with Crippen LogP contribution < -0.4 is 10.6 Å². The molecule has 0 saturated carbocycles. The molecule has 2 aromatic rings. The molecule has 2 atom stereocenters. The standard InChI is InChI=1S/C25H33FN6O8/c1-31(25(40)28-19(23(36)37)11-12-21(33)34)20(24(38)39)6-2-3-14-27-22(35)16-7-9-18(10-8-16)32-15-17(29-30-32)5-4-13-26/h7-10,15,19-20H,2-6,11-14H2,1H3,(H,27,35)(H,28,40)(H,33,34)(H,36,37)(H,38,39). The third-order valence-electron chi connectivity index (χ3n) is 6.01. The Labute approximate surface area is 229 Å². The zero-order chi connectivity index (χ0) is 29.7. The summed E-state index contributed by atoms with van der Waals surface area (Å²) >= 11 is 0. The Hall–Kier alpha value is -4.56. The third kappa shape index (κ3) is 9.96. The minimum absolute atomic E-state index is 0.0436. The Morgan fingerprint density at radius 3 is 2.30 bits per heavy atom. The van der Waals surface area contributed by atoms with Gasteiger partial charge >= 0.3 is 23.9 Å². The van der Waals surface area contributed by atoms with Crippen LogP contribution in [-0.2, 0) is 20.8 Å². The third-order valence-corrected chi connectivity index (χ3v) is 6.01. The summed E-state index contributed by atoms with van der Waals surface area (Å²) in [5, 5.41) is 40.3. The van der Waals surface area contributed by atoms with Gasteiger partial charge in [0.15, 0.2) is 0 Å². The molecule has 2 rings (SSSR count). The van der Waals surface area contributed by atoms with Gasteiger partial charge in [-0.25, -0.2) is 19.1 Å². The van der Waals surface area contributed by atoms with Gasteiger partial charge in [-0.2, -0.15) is 0 Å². The number of amides is 3. The van der Waals surface area contributed by atoms with E-state index >= 15 is 0 Å². The Balaban J connectivity index is 1.80. The summed E-state index contributed by atoms with van der Waals surface area (Å²) < 4.78 is 13.9. The Kier molecular flexibility index (Phi) is 12.5. The van der Waals surface area contributed by atoms with E-state index in [1.54, 1.807) is 30.5 Å². The van der Waals surface area contributed by atoms with Crippen LogP contribution >= 0.6 is 0 Å². The summed E-state index contributed by atoms with van der Waals surface area (Å²) in [6.45, 7) is -0.183. The number of benzene rings is 1. The molecule has 1 heterocycles. The second kappa shape index (κ2) is 15.8. The fourth-order valence-corrected chi connectivity index (χ4v) is 3.72. The number of aliphatic carboxylic acids is 3. The minimum Gasteiger partial charge on any atom is -0.481 e. The van der Waals surface area contributed by atoms with E-state index in [0.717, 1.165) is 4.90 Å². The van der Waals surface area contributed by atoms with Crippen LogP contribution in [0.25, 0.3) is 5.69 Å². The van der Waals surface area contributed by atoms with E-state index in [4.69, 9.17) is 5.11 Å². The van der Waals surface area contributed by atoms with Gasteiger partial charge in [0, 0.05) is 25.6 Å². The predicted molar refractivity (Wildman–Crippen MR) is 138 cm³/mol. The lowest BCUT2D eigenvalue weighted by Crippen LogP contribution is -2.52. The lowest BCUT2D eigenvalue weighted by Gasteiger charge is -2.26. The molecule has 0 aliphatic heterocycles. The molecule has 0 fully saturated rings. The first-order valence-corrected chi connectivity index (χ1v) is 12.6. The number of aryl methyl sites for hydroxylation is 1. The van der Waals surface area contributed by atoms with Gasteiger partial charge in [0.1, 0.15) is 12.1 Å². The van der Waals surface area contributed by atoms with Crippen LogP contribution in [0.3, 0.4) is 0 Å². The molecule has 14 nitrogen and oxygen atoms in total. The topological polar surface area (TPSA) is 204 Å². The van der Waals surface area contributed by atoms with Crippen LogP contribution in [0, 0.1) is 0 Å². The van der Waals surface area contributed by atoms with Crippen LogP contribution in [0.15, 0.2) is 30.5 Å². The van der Waals surface area contributed by atoms with Crippen molar-refractivity contribution in [2.24, 2.45) is 0 Å². The summed E-state index contributed by atoms with van der Waals surface area (Å²) in [4.78, 5) is 59.4. The monoisotopic (exact) mass is 564 g/mol. The molecule has 3 amide bonds. The first-order chi connectivity index (χ1) is 19.0. The van der Waals surface area contributed by atoms with Crippen molar-refractivity contribution in [3.05, 3.63) is 41.7 Å². The first kappa shape index (κ1) is 31.7. The SMILES string of the molecule is CN(C(=O)NC(CCC(=O)O)C(=O)O)C(CCCCNC(=O)c1ccc(-n2cc(CCCF)nn2)cc1)C(=O)O. The molecule has 5 N–H and O–H groups in total. The number of urea groups is 1. The van der Waals surface area contributed by atoms with Gasteiger partial charge in [0.2, 0.25) is 0 Å². The highest BCUT2D eigenvalue weighted by Gasteiger charge is 2.29. The number of alkyl halides is 1. The number of aromatic nitrogens is 3. The molecular weight excluding hydrogens is 531 g/mol. The second-order valence-corrected chi connectivity index (χ2v) is 8.98. The lowest BCUT2D eigenvalue weighted by molar-refractivity contribution is -0.142. The number of hydrogen-bond donors (Lipinski definition) is 5. The van der Waals surface area contributed by atoms with Gasteiger partial charge in [0.05, 0.1) is 24.3 Å². The van der Waals surface area contributed by atoms with Crippen molar-refractivity contribution in [2.45, 2.75) is 57.0 Å². The number of carboxylic acids is 3. The molecule has 0 radical (unpaired) electrons. The molecular formula is C25H33FN6O8. The van der Waals surface area contributed by atoms with Gasteiger partial charge < -0.3 is 30.9 Å². The van der Waals surface area contributed by atoms with Crippen molar-refractivity contribution < 1.29 is 43.7 Å². The number of carbonyl (C=O) groups excluding carboxylic acids is 2. The zero-order valence-corrected chi connectivity index (χ0v) is 22.0. The number of likely N-dealkylation sites (N-methyl/N-ethyl adjacent to an activating group) is 1. The van der Waals surface area contributed by atoms with E-state index in [1.165, 1.54) is 11.7 Å². The fourth-order valence-electron chi connectivity index (χ4n) is 3.72. The molecule has 218 valence electrons. The highest BCUT2D eigenvalue weighted by atomic mass is 19.1. The van der Waals surface area contributed by atoms with Crippen LogP contribution in [0.2, 0.25) is 0 Å². The Morgan fingerprint density at radius 2 is 1.70 bits per heavy atom. The van der Waals surface area contributed by atoms with E-state index in [2.05, 4.69) is 20.9 Å². The average molecular weight is 565 g/mol. The van der Waals surface area contributed by atoms with Gasteiger partial charge in [0.25, 0.3) is 5.91 Å². The van der Waals surface area contributed by atoms with Crippen molar-refractivity contribution in [1.29, 1.82) is 0 Å². The molecule has 1 aromatic heterocycles. The van der Waals surface area contributed by atoms with E-state index in [1.807, 2.05) is 0 Å². The quantitative estimate of drug-likeness (QED) is 0.175. The smallest absolute Gasteiger partial charge is 0.326 e. The van der Waals surface area contributed by atoms with Crippen molar-refractivity contribution >= 4 is 29.8 Å². The zero-order valence-electron chi connectivity index (χ0n) is 22.0. The number of nitrogens with zero attached hydrogens (tertiary/aromatic N) is 4. The molecule has 0 spiro atoms. The van der Waals surface area contributed by atoms with Gasteiger partial charge in [-0.3, -0.25) is 14.0 Å². The number of carbonyl (C=O) groups is 5. The number of nitrogens with one attached hydrogen (secondary N) is 2. The second-order valence-electron chi connectivity index (χ2n) is 8.98. The number of unbranched alkanes of at least 4 members (excludes halogenated alkanes) is 1. The largest absolute Gasteiger partial charge is 0.481 e. The predicted octanol–water partition coefficient (Wildman–Crippen LogP) is 1.48. The maximum atomic E-state index is 12.4. The maximum absolute atomic E-state index is 12.4. The number of hydrogen-bond acceptors (Lipinski definition) is 7. The van der Waals surface area contributed by atoms with Crippen molar-refractivity contribution in [1.82, 2.24) is 30.5 Å². The van der Waals surface area contributed by atoms with E-state index in [9.17, 15) is 38.6 Å². The van der Waals surface area contributed by atoms with Crippen LogP contribution in [-0.4, -0.2) is 97.4 Å². The summed E-state index contributed by atoms with van der Waals surface area (Å²) in [6.07, 6.45) is 2.50. The van der Waals surface area contributed by atoms with Crippen LogP contribution in [0.5, 0.6) is 0 Å². The fraction of sp³-hybridized carbons (Fsp3) is 0.480. The highest BCUT2D eigenvalue weighted by Crippen LogP contribution is 2.12. The van der Waals surface area contributed by atoms with Crippen molar-refractivity contribution in [3.8, 4) is 5.69 Å². The Morgan fingerprint density at radius 1 is 1.00 bits per heavy atom. The number of rotatable bonds is 17. The van der Waals surface area contributed by atoms with Gasteiger partial charge in [-0.05, 0) is 62.8 Å². The van der Waals surface area contributed by atoms with E-state index in [0.29, 0.717) is 42.6 Å². The lowest BCUT2D eigenvalue weighted by atomic mass is 10.1. The first-order valence-electron chi connectivity index (χ1n) is 12.6. The summed E-state index contributed by atoms with van der Waals surface area (Å²) in [6, 6.07) is 2.92. The Bertz CT molecular complexity index is 1170. The molecule has 15 heteroatoms. The minimum atomic E-state index is -1.48. The molecule has 0 aliphatic rings. The van der Waals surface area contributed by atoms with E-state index in [-0.39, 0.29) is 25.3 Å². The van der Waals surface area contributed by atoms with Crippen LogP contribution in [0.4, 0.5) is 9.18 Å². The number of carboxylic acid groups (broad SMARTS) is 3. The van der Waals surface area contributed by atoms with Crippen LogP contribution in [0.1, 0.15) is 54.6 Å². The summed E-state index contributed by atoms with van der Waals surface area (Å²) in [7, 11) is 1.21. The summed E-state index contributed by atoms with van der Waals surface area (Å²) in [5.41, 5.74) is 1.74. The van der Waals surface area contributed by atoms with Crippen molar-refractivity contribution in [3.63, 3.8) is 0 Å². The molecule has 1 aromatic carbocycles. The molecule has 2 unspecified atom stereocenters.